The zero-order valence-corrected chi connectivity index (χ0v) is 16.4. The molecule has 142 valence electrons. The smallest absolute Gasteiger partial charge is 0.317 e. The first kappa shape index (κ1) is 19.0. The van der Waals surface area contributed by atoms with E-state index < -0.39 is 0 Å². The van der Waals surface area contributed by atoms with Gasteiger partial charge in [0, 0.05) is 45.8 Å². The van der Waals surface area contributed by atoms with Gasteiger partial charge in [0.1, 0.15) is 5.37 Å². The van der Waals surface area contributed by atoms with Gasteiger partial charge in [0.15, 0.2) is 0 Å². The van der Waals surface area contributed by atoms with E-state index in [4.69, 9.17) is 0 Å². The summed E-state index contributed by atoms with van der Waals surface area (Å²) < 4.78 is 0. The molecule has 0 radical (unpaired) electrons. The van der Waals surface area contributed by atoms with E-state index in [-0.39, 0.29) is 17.3 Å². The van der Waals surface area contributed by atoms with E-state index in [9.17, 15) is 9.59 Å². The molecule has 0 spiro atoms. The van der Waals surface area contributed by atoms with Gasteiger partial charge >= 0.3 is 6.03 Å². The number of carbonyl (C=O) groups excluding carboxylic acids is 2. The van der Waals surface area contributed by atoms with Gasteiger partial charge in [-0.15, -0.1) is 11.8 Å². The third-order valence-electron chi connectivity index (χ3n) is 4.98. The van der Waals surface area contributed by atoms with E-state index in [1.54, 1.807) is 11.8 Å². The van der Waals surface area contributed by atoms with E-state index in [1.165, 1.54) is 11.1 Å². The summed E-state index contributed by atoms with van der Waals surface area (Å²) >= 11 is 1.71. The summed E-state index contributed by atoms with van der Waals surface area (Å²) in [6.07, 6.45) is 0. The molecule has 2 saturated heterocycles. The third kappa shape index (κ3) is 4.51. The standard InChI is InChI=1S/C19H28N4O2S/c1-3-20-19(25)22-11-8-21(9-12-22)10-13-23-17(24)14-26-18(23)16-6-4-15(2)5-7-16/h4-7,18H,3,8-14H2,1-2H3,(H,20,25)/t18-/m0/s1. The molecule has 2 heterocycles. The third-order valence-corrected chi connectivity index (χ3v) is 6.23. The second-order valence-electron chi connectivity index (χ2n) is 6.83. The summed E-state index contributed by atoms with van der Waals surface area (Å²) in [6, 6.07) is 8.50. The second-order valence-corrected chi connectivity index (χ2v) is 7.89. The van der Waals surface area contributed by atoms with Gasteiger partial charge in [-0.3, -0.25) is 9.69 Å². The number of carbonyl (C=O) groups is 2. The maximum absolute atomic E-state index is 12.3. The Labute approximate surface area is 159 Å². The summed E-state index contributed by atoms with van der Waals surface area (Å²) in [5, 5.41) is 2.98. The summed E-state index contributed by atoms with van der Waals surface area (Å²) in [7, 11) is 0. The Bertz CT molecular complexity index is 629. The molecular formula is C19H28N4O2S. The minimum atomic E-state index is 0.0257. The first-order valence-electron chi connectivity index (χ1n) is 9.31. The first-order valence-corrected chi connectivity index (χ1v) is 10.4. The lowest BCUT2D eigenvalue weighted by Gasteiger charge is -2.36. The predicted molar refractivity (Wildman–Crippen MR) is 105 cm³/mol. The highest BCUT2D eigenvalue weighted by atomic mass is 32.2. The maximum Gasteiger partial charge on any atom is 0.317 e. The van der Waals surface area contributed by atoms with Gasteiger partial charge in [-0.1, -0.05) is 29.8 Å². The van der Waals surface area contributed by atoms with Crippen molar-refractivity contribution in [1.29, 1.82) is 0 Å². The Hall–Kier alpha value is -1.73. The molecule has 0 saturated carbocycles. The van der Waals surface area contributed by atoms with E-state index in [0.29, 0.717) is 12.3 Å². The van der Waals surface area contributed by atoms with Crippen molar-refractivity contribution < 1.29 is 9.59 Å². The monoisotopic (exact) mass is 376 g/mol. The number of amides is 3. The zero-order valence-electron chi connectivity index (χ0n) is 15.6. The Balaban J connectivity index is 1.51. The molecule has 1 aromatic carbocycles. The highest BCUT2D eigenvalue weighted by Crippen LogP contribution is 2.38. The van der Waals surface area contributed by atoms with Crippen molar-refractivity contribution in [2.24, 2.45) is 0 Å². The molecule has 3 amide bonds. The molecule has 0 aliphatic carbocycles. The molecule has 0 unspecified atom stereocenters. The Kier molecular flexibility index (Phi) is 6.43. The molecule has 2 aliphatic rings. The summed E-state index contributed by atoms with van der Waals surface area (Å²) in [4.78, 5) is 30.4. The molecule has 2 aliphatic heterocycles. The van der Waals surface area contributed by atoms with Crippen molar-refractivity contribution in [2.75, 3.05) is 51.6 Å². The van der Waals surface area contributed by atoms with Crippen molar-refractivity contribution in [2.45, 2.75) is 19.2 Å². The first-order chi connectivity index (χ1) is 12.6. The van der Waals surface area contributed by atoms with Crippen molar-refractivity contribution >= 4 is 23.7 Å². The lowest BCUT2D eigenvalue weighted by atomic mass is 10.1. The van der Waals surface area contributed by atoms with Crippen molar-refractivity contribution in [1.82, 2.24) is 20.0 Å². The minimum Gasteiger partial charge on any atom is -0.338 e. The van der Waals surface area contributed by atoms with Gasteiger partial charge in [-0.05, 0) is 19.4 Å². The lowest BCUT2D eigenvalue weighted by Crippen LogP contribution is -2.52. The lowest BCUT2D eigenvalue weighted by molar-refractivity contribution is -0.128. The molecule has 7 heteroatoms. The van der Waals surface area contributed by atoms with Gasteiger partial charge in [0.05, 0.1) is 5.75 Å². The molecule has 0 aromatic heterocycles. The molecule has 1 aromatic rings. The number of urea groups is 1. The van der Waals surface area contributed by atoms with Gasteiger partial charge in [-0.25, -0.2) is 4.79 Å². The van der Waals surface area contributed by atoms with Crippen LogP contribution in [-0.4, -0.2) is 78.2 Å². The Morgan fingerprint density at radius 2 is 1.85 bits per heavy atom. The second kappa shape index (κ2) is 8.77. The summed E-state index contributed by atoms with van der Waals surface area (Å²) in [6.45, 7) is 9.49. The van der Waals surface area contributed by atoms with Crippen LogP contribution in [0.4, 0.5) is 4.79 Å². The molecule has 26 heavy (non-hydrogen) atoms. The van der Waals surface area contributed by atoms with Gasteiger partial charge in [-0.2, -0.15) is 0 Å². The van der Waals surface area contributed by atoms with E-state index in [0.717, 1.165) is 39.3 Å². The maximum atomic E-state index is 12.3. The molecular weight excluding hydrogens is 348 g/mol. The number of benzene rings is 1. The Morgan fingerprint density at radius 1 is 1.15 bits per heavy atom. The van der Waals surface area contributed by atoms with Gasteiger partial charge in [0.25, 0.3) is 0 Å². The van der Waals surface area contributed by atoms with Crippen LogP contribution >= 0.6 is 11.8 Å². The molecule has 2 fully saturated rings. The number of thioether (sulfide) groups is 1. The molecule has 3 rings (SSSR count). The van der Waals surface area contributed by atoms with Crippen LogP contribution in [0.15, 0.2) is 24.3 Å². The van der Waals surface area contributed by atoms with E-state index in [1.807, 2.05) is 16.7 Å². The highest BCUT2D eigenvalue weighted by Gasteiger charge is 2.33. The number of nitrogens with one attached hydrogen (secondary N) is 1. The molecule has 1 atom stereocenters. The molecule has 0 bridgehead atoms. The van der Waals surface area contributed by atoms with Crippen LogP contribution in [0.3, 0.4) is 0 Å². The average Bonchev–Trinajstić information content (AvgIpc) is 3.02. The fraction of sp³-hybridized carbons (Fsp3) is 0.579. The minimum absolute atomic E-state index is 0.0257. The van der Waals surface area contributed by atoms with Crippen molar-refractivity contribution in [3.05, 3.63) is 35.4 Å². The van der Waals surface area contributed by atoms with Crippen LogP contribution < -0.4 is 5.32 Å². The van der Waals surface area contributed by atoms with Gasteiger partial charge < -0.3 is 15.1 Å². The van der Waals surface area contributed by atoms with Crippen LogP contribution in [-0.2, 0) is 4.79 Å². The highest BCUT2D eigenvalue weighted by molar-refractivity contribution is 8.00. The quantitative estimate of drug-likeness (QED) is 0.853. The molecule has 1 N–H and O–H groups in total. The topological polar surface area (TPSA) is 55.9 Å². The number of hydrogen-bond acceptors (Lipinski definition) is 4. The number of piperazine rings is 1. The number of rotatable bonds is 5. The van der Waals surface area contributed by atoms with Crippen LogP contribution in [0, 0.1) is 6.92 Å². The summed E-state index contributed by atoms with van der Waals surface area (Å²) in [5.74, 6) is 0.783. The van der Waals surface area contributed by atoms with Crippen LogP contribution in [0.25, 0.3) is 0 Å². The average molecular weight is 377 g/mol. The normalized spacial score (nSPS) is 21.3. The number of aryl methyl sites for hydroxylation is 1. The van der Waals surface area contributed by atoms with Crippen LogP contribution in [0.5, 0.6) is 0 Å². The number of hydrogen-bond donors (Lipinski definition) is 1. The SMILES string of the molecule is CCNC(=O)N1CCN(CCN2C(=O)CS[C@H]2c2ccc(C)cc2)CC1. The number of nitrogens with zero attached hydrogens (tertiary/aromatic N) is 3. The van der Waals surface area contributed by atoms with Crippen molar-refractivity contribution in [3.63, 3.8) is 0 Å². The van der Waals surface area contributed by atoms with Crippen LogP contribution in [0.1, 0.15) is 23.4 Å². The fourth-order valence-corrected chi connectivity index (χ4v) is 4.61. The zero-order chi connectivity index (χ0) is 18.5. The van der Waals surface area contributed by atoms with E-state index in [2.05, 4.69) is 41.4 Å². The van der Waals surface area contributed by atoms with E-state index >= 15 is 0 Å². The fourth-order valence-electron chi connectivity index (χ4n) is 3.39. The van der Waals surface area contributed by atoms with Crippen molar-refractivity contribution in [3.8, 4) is 0 Å². The summed E-state index contributed by atoms with van der Waals surface area (Å²) in [5.41, 5.74) is 2.44. The van der Waals surface area contributed by atoms with Crippen LogP contribution in [0.2, 0.25) is 0 Å². The molecule has 6 nitrogen and oxygen atoms in total. The van der Waals surface area contributed by atoms with Gasteiger partial charge in [0.2, 0.25) is 5.91 Å². The largest absolute Gasteiger partial charge is 0.338 e. The predicted octanol–water partition coefficient (Wildman–Crippen LogP) is 1.92. The Morgan fingerprint density at radius 3 is 2.50 bits per heavy atom.